The second-order valence-electron chi connectivity index (χ2n) is 2.89. The van der Waals surface area contributed by atoms with Gasteiger partial charge in [-0.25, -0.2) is 0 Å². The van der Waals surface area contributed by atoms with E-state index in [9.17, 15) is 0 Å². The lowest BCUT2D eigenvalue weighted by atomic mass is 10.1. The number of rotatable bonds is 0. The van der Waals surface area contributed by atoms with Crippen molar-refractivity contribution in [2.75, 3.05) is 6.54 Å². The van der Waals surface area contributed by atoms with Crippen molar-refractivity contribution in [1.82, 2.24) is 4.67 Å². The largest absolute Gasteiger partial charge is 0.284 e. The van der Waals surface area contributed by atoms with Crippen LogP contribution in [-0.4, -0.2) is 17.3 Å². The highest BCUT2D eigenvalue weighted by atomic mass is 31.0. The molecule has 0 aromatic rings. The Hall–Kier alpha value is 0.390. The van der Waals surface area contributed by atoms with Crippen molar-refractivity contribution in [3.05, 3.63) is 0 Å². The fourth-order valence-corrected chi connectivity index (χ4v) is 1.81. The molecular formula is C6H14NP. The van der Waals surface area contributed by atoms with Gasteiger partial charge in [-0.1, -0.05) is 16.3 Å². The molecule has 1 aliphatic heterocycles. The predicted molar refractivity (Wildman–Crippen MR) is 39.7 cm³/mol. The first-order valence-electron chi connectivity index (χ1n) is 3.21. The summed E-state index contributed by atoms with van der Waals surface area (Å²) in [6.07, 6.45) is 1.36. The summed E-state index contributed by atoms with van der Waals surface area (Å²) in [7, 11) is 2.77. The molecule has 3 atom stereocenters. The minimum absolute atomic E-state index is 0.787. The Morgan fingerprint density at radius 1 is 1.50 bits per heavy atom. The zero-order valence-corrected chi connectivity index (χ0v) is 6.75. The molecule has 0 radical (unpaired) electrons. The molecule has 0 bridgehead atoms. The van der Waals surface area contributed by atoms with Gasteiger partial charge in [-0.3, -0.25) is 4.67 Å². The standard InChI is InChI=1S/C6H14NP/c1-5-3-6(2)7(8)4-5/h5-6H,3-4,8H2,1-2H3. The fourth-order valence-electron chi connectivity index (χ4n) is 1.33. The van der Waals surface area contributed by atoms with E-state index >= 15 is 0 Å². The highest BCUT2D eigenvalue weighted by molar-refractivity contribution is 7.13. The maximum absolute atomic E-state index is 2.77. The smallest absolute Gasteiger partial charge is 0.0104 e. The minimum atomic E-state index is 0.787. The Labute approximate surface area is 53.7 Å². The summed E-state index contributed by atoms with van der Waals surface area (Å²) in [5, 5.41) is 0. The van der Waals surface area contributed by atoms with Crippen molar-refractivity contribution < 1.29 is 0 Å². The third kappa shape index (κ3) is 1.21. The Morgan fingerprint density at radius 2 is 2.12 bits per heavy atom. The first-order valence-corrected chi connectivity index (χ1v) is 3.73. The average molecular weight is 131 g/mol. The summed E-state index contributed by atoms with van der Waals surface area (Å²) in [4.78, 5) is 0. The van der Waals surface area contributed by atoms with E-state index in [0.717, 1.165) is 12.0 Å². The number of nitrogens with zero attached hydrogens (tertiary/aromatic N) is 1. The maximum Gasteiger partial charge on any atom is 0.0104 e. The molecule has 1 saturated heterocycles. The lowest BCUT2D eigenvalue weighted by molar-refractivity contribution is 0.464. The highest BCUT2D eigenvalue weighted by Crippen LogP contribution is 2.24. The van der Waals surface area contributed by atoms with Gasteiger partial charge in [-0.05, 0) is 19.3 Å². The van der Waals surface area contributed by atoms with Gasteiger partial charge in [0.2, 0.25) is 0 Å². The van der Waals surface area contributed by atoms with Gasteiger partial charge < -0.3 is 0 Å². The molecule has 1 aliphatic rings. The molecular weight excluding hydrogens is 117 g/mol. The first kappa shape index (κ1) is 6.51. The van der Waals surface area contributed by atoms with Gasteiger partial charge in [0.1, 0.15) is 0 Å². The molecule has 1 fully saturated rings. The topological polar surface area (TPSA) is 3.24 Å². The van der Waals surface area contributed by atoms with Gasteiger partial charge in [-0.15, -0.1) is 0 Å². The van der Waals surface area contributed by atoms with Gasteiger partial charge >= 0.3 is 0 Å². The molecule has 0 aromatic heterocycles. The van der Waals surface area contributed by atoms with Crippen molar-refractivity contribution in [2.45, 2.75) is 26.3 Å². The molecule has 0 amide bonds. The van der Waals surface area contributed by atoms with E-state index in [1.807, 2.05) is 0 Å². The summed E-state index contributed by atoms with van der Waals surface area (Å²) < 4.78 is 2.34. The van der Waals surface area contributed by atoms with Crippen LogP contribution < -0.4 is 0 Å². The SMILES string of the molecule is CC1CC(C)N(P)C1. The summed E-state index contributed by atoms with van der Waals surface area (Å²) in [5.74, 6) is 0.905. The molecule has 0 saturated carbocycles. The van der Waals surface area contributed by atoms with Crippen LogP contribution in [-0.2, 0) is 0 Å². The molecule has 1 nitrogen and oxygen atoms in total. The maximum atomic E-state index is 2.77. The van der Waals surface area contributed by atoms with Crippen LogP contribution >= 0.6 is 9.39 Å². The molecule has 1 rings (SSSR count). The van der Waals surface area contributed by atoms with Crippen molar-refractivity contribution >= 4 is 9.39 Å². The van der Waals surface area contributed by atoms with E-state index in [-0.39, 0.29) is 0 Å². The van der Waals surface area contributed by atoms with Gasteiger partial charge in [0.15, 0.2) is 0 Å². The van der Waals surface area contributed by atoms with Crippen LogP contribution in [0.25, 0.3) is 0 Å². The van der Waals surface area contributed by atoms with Crippen molar-refractivity contribution in [3.63, 3.8) is 0 Å². The Bertz CT molecular complexity index is 74.6. The van der Waals surface area contributed by atoms with Crippen LogP contribution in [0.4, 0.5) is 0 Å². The second-order valence-corrected chi connectivity index (χ2v) is 3.55. The van der Waals surface area contributed by atoms with Crippen LogP contribution in [0.2, 0.25) is 0 Å². The Morgan fingerprint density at radius 3 is 2.25 bits per heavy atom. The molecule has 0 aromatic carbocycles. The van der Waals surface area contributed by atoms with Gasteiger partial charge in [0, 0.05) is 12.6 Å². The van der Waals surface area contributed by atoms with Crippen LogP contribution in [0.3, 0.4) is 0 Å². The van der Waals surface area contributed by atoms with Crippen LogP contribution in [0.5, 0.6) is 0 Å². The van der Waals surface area contributed by atoms with Crippen LogP contribution in [0.15, 0.2) is 0 Å². The lowest BCUT2D eigenvalue weighted by Crippen LogP contribution is -2.14. The van der Waals surface area contributed by atoms with Crippen LogP contribution in [0, 0.1) is 5.92 Å². The van der Waals surface area contributed by atoms with Crippen molar-refractivity contribution in [3.8, 4) is 0 Å². The van der Waals surface area contributed by atoms with Gasteiger partial charge in [0.05, 0.1) is 0 Å². The third-order valence-electron chi connectivity index (χ3n) is 1.83. The molecule has 0 N–H and O–H groups in total. The normalized spacial score (nSPS) is 40.9. The quantitative estimate of drug-likeness (QED) is 0.450. The average Bonchev–Trinajstić information content (AvgIpc) is 1.85. The molecule has 3 unspecified atom stereocenters. The molecule has 2 heteroatoms. The van der Waals surface area contributed by atoms with E-state index in [0.29, 0.717) is 0 Å². The number of hydrogen-bond acceptors (Lipinski definition) is 1. The Balaban J connectivity index is 2.39. The monoisotopic (exact) mass is 131 g/mol. The van der Waals surface area contributed by atoms with E-state index in [2.05, 4.69) is 27.9 Å². The van der Waals surface area contributed by atoms with E-state index in [1.54, 1.807) is 0 Å². The summed E-state index contributed by atoms with van der Waals surface area (Å²) in [6.45, 7) is 5.84. The Kier molecular flexibility index (Phi) is 1.89. The zero-order chi connectivity index (χ0) is 6.15. The van der Waals surface area contributed by atoms with Gasteiger partial charge in [-0.2, -0.15) is 0 Å². The molecule has 48 valence electrons. The second kappa shape index (κ2) is 2.33. The summed E-state index contributed by atoms with van der Waals surface area (Å²) in [5.41, 5.74) is 0. The highest BCUT2D eigenvalue weighted by Gasteiger charge is 2.21. The third-order valence-corrected chi connectivity index (χ3v) is 2.55. The summed E-state index contributed by atoms with van der Waals surface area (Å²) >= 11 is 0. The predicted octanol–water partition coefficient (Wildman–Crippen LogP) is 1.51. The minimum Gasteiger partial charge on any atom is -0.284 e. The lowest BCUT2D eigenvalue weighted by Gasteiger charge is -2.11. The molecule has 0 aliphatic carbocycles. The van der Waals surface area contributed by atoms with Crippen LogP contribution in [0.1, 0.15) is 20.3 Å². The van der Waals surface area contributed by atoms with Gasteiger partial charge in [0.25, 0.3) is 0 Å². The zero-order valence-electron chi connectivity index (χ0n) is 5.59. The molecule has 8 heavy (non-hydrogen) atoms. The summed E-state index contributed by atoms with van der Waals surface area (Å²) in [6, 6.07) is 0.787. The number of hydrogen-bond donors (Lipinski definition) is 0. The van der Waals surface area contributed by atoms with E-state index in [1.165, 1.54) is 13.0 Å². The van der Waals surface area contributed by atoms with E-state index in [4.69, 9.17) is 0 Å². The van der Waals surface area contributed by atoms with Crippen molar-refractivity contribution in [2.24, 2.45) is 5.92 Å². The molecule has 1 heterocycles. The van der Waals surface area contributed by atoms with Crippen molar-refractivity contribution in [1.29, 1.82) is 0 Å². The molecule has 0 spiro atoms. The van der Waals surface area contributed by atoms with E-state index < -0.39 is 0 Å². The first-order chi connectivity index (χ1) is 3.70. The fraction of sp³-hybridized carbons (Fsp3) is 1.00.